The molecule has 0 atom stereocenters. The number of hydrogen-bond donors (Lipinski definition) is 1. The van der Waals surface area contributed by atoms with E-state index in [-0.39, 0.29) is 0 Å². The van der Waals surface area contributed by atoms with Gasteiger partial charge in [-0.3, -0.25) is 9.67 Å². The molecule has 0 bridgehead atoms. The van der Waals surface area contributed by atoms with Crippen molar-refractivity contribution >= 4 is 16.6 Å². The fraction of sp³-hybridized carbons (Fsp3) is 0.143. The van der Waals surface area contributed by atoms with Gasteiger partial charge in [0.15, 0.2) is 0 Å². The zero-order valence-corrected chi connectivity index (χ0v) is 10.6. The highest BCUT2D eigenvalue weighted by molar-refractivity contribution is 5.93. The topological polar surface area (TPSA) is 66.0 Å². The number of ether oxygens (including phenoxy) is 1. The van der Waals surface area contributed by atoms with E-state index in [0.29, 0.717) is 12.3 Å². The fourth-order valence-corrected chi connectivity index (χ4v) is 1.99. The maximum Gasteiger partial charge on any atom is 0.132 e. The second kappa shape index (κ2) is 4.61. The highest BCUT2D eigenvalue weighted by Crippen LogP contribution is 2.28. The third-order valence-corrected chi connectivity index (χ3v) is 2.91. The first kappa shape index (κ1) is 11.5. The molecule has 0 spiro atoms. The molecule has 3 aromatic rings. The van der Waals surface area contributed by atoms with Gasteiger partial charge >= 0.3 is 0 Å². The highest BCUT2D eigenvalue weighted by Gasteiger charge is 2.06. The number of nitrogens with two attached hydrogens (primary N) is 1. The van der Waals surface area contributed by atoms with E-state index in [1.54, 1.807) is 10.9 Å². The quantitative estimate of drug-likeness (QED) is 0.727. The normalized spacial score (nSPS) is 10.8. The molecule has 2 heterocycles. The number of rotatable bonds is 3. The van der Waals surface area contributed by atoms with Crippen LogP contribution in [0.2, 0.25) is 0 Å². The molecule has 0 aliphatic heterocycles. The van der Waals surface area contributed by atoms with Crippen LogP contribution in [0.15, 0.2) is 42.7 Å². The van der Waals surface area contributed by atoms with Crippen molar-refractivity contribution in [2.45, 2.75) is 6.61 Å². The van der Waals surface area contributed by atoms with Gasteiger partial charge in [-0.15, -0.1) is 0 Å². The summed E-state index contributed by atoms with van der Waals surface area (Å²) in [6, 6.07) is 9.42. The van der Waals surface area contributed by atoms with Crippen LogP contribution in [0.4, 0.5) is 5.69 Å². The SMILES string of the molecule is Cn1ccc(COc2ccc(N)c3ncccc23)n1. The lowest BCUT2D eigenvalue weighted by molar-refractivity contribution is 0.303. The van der Waals surface area contributed by atoms with Crippen molar-refractivity contribution in [3.05, 3.63) is 48.4 Å². The number of pyridine rings is 1. The Bertz CT molecular complexity index is 720. The molecule has 96 valence electrons. The lowest BCUT2D eigenvalue weighted by Crippen LogP contribution is -1.99. The minimum absolute atomic E-state index is 0.425. The van der Waals surface area contributed by atoms with Gasteiger partial charge in [0.1, 0.15) is 12.4 Å². The van der Waals surface area contributed by atoms with E-state index < -0.39 is 0 Å². The molecule has 5 nitrogen and oxygen atoms in total. The Morgan fingerprint density at radius 1 is 1.26 bits per heavy atom. The van der Waals surface area contributed by atoms with Gasteiger partial charge in [-0.25, -0.2) is 0 Å². The summed E-state index contributed by atoms with van der Waals surface area (Å²) in [5.74, 6) is 0.767. The first-order chi connectivity index (χ1) is 9.24. The van der Waals surface area contributed by atoms with Gasteiger partial charge in [-0.2, -0.15) is 5.10 Å². The summed E-state index contributed by atoms with van der Waals surface area (Å²) < 4.78 is 7.55. The first-order valence-corrected chi connectivity index (χ1v) is 5.98. The van der Waals surface area contributed by atoms with Crippen molar-refractivity contribution in [1.82, 2.24) is 14.8 Å². The average Bonchev–Trinajstić information content (AvgIpc) is 2.84. The highest BCUT2D eigenvalue weighted by atomic mass is 16.5. The summed E-state index contributed by atoms with van der Waals surface area (Å²) >= 11 is 0. The summed E-state index contributed by atoms with van der Waals surface area (Å²) in [6.07, 6.45) is 3.61. The van der Waals surface area contributed by atoms with Gasteiger partial charge in [-0.05, 0) is 30.3 Å². The standard InChI is InChI=1S/C14H14N4O/c1-18-8-6-10(17-18)9-19-13-5-4-12(15)14-11(13)3-2-7-16-14/h2-8H,9,15H2,1H3. The van der Waals surface area contributed by atoms with Crippen LogP contribution in [0.1, 0.15) is 5.69 Å². The van der Waals surface area contributed by atoms with Crippen molar-refractivity contribution in [2.24, 2.45) is 7.05 Å². The van der Waals surface area contributed by atoms with Crippen LogP contribution in [0.25, 0.3) is 10.9 Å². The van der Waals surface area contributed by atoms with Gasteiger partial charge in [0.25, 0.3) is 0 Å². The number of aromatic nitrogens is 3. The molecular weight excluding hydrogens is 240 g/mol. The number of hydrogen-bond acceptors (Lipinski definition) is 4. The molecular formula is C14H14N4O. The molecule has 0 saturated carbocycles. The summed E-state index contributed by atoms with van der Waals surface area (Å²) in [5.41, 5.74) is 8.21. The number of anilines is 1. The van der Waals surface area contributed by atoms with Crippen molar-refractivity contribution in [2.75, 3.05) is 5.73 Å². The number of nitrogens with zero attached hydrogens (tertiary/aromatic N) is 3. The van der Waals surface area contributed by atoms with Crippen LogP contribution in [0, 0.1) is 0 Å². The summed E-state index contributed by atoms with van der Waals surface area (Å²) in [7, 11) is 1.88. The molecule has 19 heavy (non-hydrogen) atoms. The number of benzene rings is 1. The summed E-state index contributed by atoms with van der Waals surface area (Å²) in [4.78, 5) is 4.28. The zero-order valence-electron chi connectivity index (χ0n) is 10.6. The molecule has 2 N–H and O–H groups in total. The monoisotopic (exact) mass is 254 g/mol. The Balaban J connectivity index is 1.91. The number of nitrogen functional groups attached to an aromatic ring is 1. The van der Waals surface area contributed by atoms with Gasteiger partial charge in [0.05, 0.1) is 16.9 Å². The van der Waals surface area contributed by atoms with Crippen LogP contribution >= 0.6 is 0 Å². The van der Waals surface area contributed by atoms with Crippen LogP contribution in [0.5, 0.6) is 5.75 Å². The Hall–Kier alpha value is -2.56. The van der Waals surface area contributed by atoms with Gasteiger partial charge < -0.3 is 10.5 Å². The van der Waals surface area contributed by atoms with Crippen molar-refractivity contribution in [3.63, 3.8) is 0 Å². The average molecular weight is 254 g/mol. The van der Waals surface area contributed by atoms with Crippen LogP contribution in [-0.2, 0) is 13.7 Å². The van der Waals surface area contributed by atoms with E-state index in [1.807, 2.05) is 43.6 Å². The number of aryl methyl sites for hydroxylation is 1. The smallest absolute Gasteiger partial charge is 0.132 e. The molecule has 1 aromatic carbocycles. The lowest BCUT2D eigenvalue weighted by Gasteiger charge is -2.09. The van der Waals surface area contributed by atoms with Crippen LogP contribution in [-0.4, -0.2) is 14.8 Å². The van der Waals surface area contributed by atoms with Gasteiger partial charge in [0.2, 0.25) is 0 Å². The second-order valence-corrected chi connectivity index (χ2v) is 4.32. The lowest BCUT2D eigenvalue weighted by atomic mass is 10.2. The van der Waals surface area contributed by atoms with Gasteiger partial charge in [-0.1, -0.05) is 0 Å². The molecule has 0 unspecified atom stereocenters. The Labute approximate surface area is 110 Å². The predicted octanol–water partition coefficient (Wildman–Crippen LogP) is 2.13. The molecule has 0 amide bonds. The molecule has 0 radical (unpaired) electrons. The third-order valence-electron chi connectivity index (χ3n) is 2.91. The van der Waals surface area contributed by atoms with E-state index in [4.69, 9.17) is 10.5 Å². The largest absolute Gasteiger partial charge is 0.487 e. The molecule has 0 aliphatic carbocycles. The summed E-state index contributed by atoms with van der Waals surface area (Å²) in [6.45, 7) is 0.425. The van der Waals surface area contributed by atoms with E-state index in [2.05, 4.69) is 10.1 Å². The molecule has 0 saturated heterocycles. The van der Waals surface area contributed by atoms with Crippen molar-refractivity contribution in [1.29, 1.82) is 0 Å². The Morgan fingerprint density at radius 3 is 2.95 bits per heavy atom. The molecule has 2 aromatic heterocycles. The maximum atomic E-state index is 5.90. The zero-order chi connectivity index (χ0) is 13.2. The maximum absolute atomic E-state index is 5.90. The third kappa shape index (κ3) is 2.22. The second-order valence-electron chi connectivity index (χ2n) is 4.32. The minimum atomic E-state index is 0.425. The molecule has 3 rings (SSSR count). The fourth-order valence-electron chi connectivity index (χ4n) is 1.99. The molecule has 5 heteroatoms. The predicted molar refractivity (Wildman–Crippen MR) is 73.7 cm³/mol. The Kier molecular flexibility index (Phi) is 2.79. The first-order valence-electron chi connectivity index (χ1n) is 5.98. The minimum Gasteiger partial charge on any atom is -0.487 e. The van der Waals surface area contributed by atoms with E-state index in [1.165, 1.54) is 0 Å². The van der Waals surface area contributed by atoms with Crippen LogP contribution < -0.4 is 10.5 Å². The van der Waals surface area contributed by atoms with E-state index >= 15 is 0 Å². The molecule has 0 fully saturated rings. The van der Waals surface area contributed by atoms with Gasteiger partial charge in [0, 0.05) is 24.8 Å². The Morgan fingerprint density at radius 2 is 2.16 bits per heavy atom. The summed E-state index contributed by atoms with van der Waals surface area (Å²) in [5, 5.41) is 5.19. The van der Waals surface area contributed by atoms with Crippen molar-refractivity contribution in [3.8, 4) is 5.75 Å². The van der Waals surface area contributed by atoms with Crippen LogP contribution in [0.3, 0.4) is 0 Å². The van der Waals surface area contributed by atoms with E-state index in [0.717, 1.165) is 22.3 Å². The van der Waals surface area contributed by atoms with Crippen molar-refractivity contribution < 1.29 is 4.74 Å². The van der Waals surface area contributed by atoms with E-state index in [9.17, 15) is 0 Å². The number of fused-ring (bicyclic) bond motifs is 1. The molecule has 0 aliphatic rings.